The van der Waals surface area contributed by atoms with Gasteiger partial charge >= 0.3 is 6.03 Å². The standard InChI is InChI=1S/C14H21N3O2/c1-15-8-3-9-17-10-13(16-14(17)18)11-4-6-12(19-2)7-5-11/h4-7,13,15H,3,8-10H2,1-2H3,(H,16,18). The number of nitrogens with one attached hydrogen (secondary N) is 2. The Morgan fingerprint density at radius 3 is 2.79 bits per heavy atom. The van der Waals surface area contributed by atoms with E-state index in [1.807, 2.05) is 36.2 Å². The summed E-state index contributed by atoms with van der Waals surface area (Å²) >= 11 is 0. The van der Waals surface area contributed by atoms with Crippen LogP contribution in [0.5, 0.6) is 5.75 Å². The van der Waals surface area contributed by atoms with Gasteiger partial charge in [-0.1, -0.05) is 12.1 Å². The molecule has 0 saturated carbocycles. The Kier molecular flexibility index (Phi) is 4.63. The molecule has 1 aromatic rings. The molecule has 2 amide bonds. The second-order valence-electron chi connectivity index (χ2n) is 4.68. The second-order valence-corrected chi connectivity index (χ2v) is 4.68. The summed E-state index contributed by atoms with van der Waals surface area (Å²) in [5.74, 6) is 0.832. The predicted octanol–water partition coefficient (Wildman–Crippen LogP) is 1.37. The molecule has 0 aliphatic carbocycles. The highest BCUT2D eigenvalue weighted by Crippen LogP contribution is 2.22. The molecule has 0 radical (unpaired) electrons. The van der Waals surface area contributed by atoms with Gasteiger partial charge in [-0.2, -0.15) is 0 Å². The lowest BCUT2D eigenvalue weighted by Crippen LogP contribution is -2.30. The smallest absolute Gasteiger partial charge is 0.318 e. The van der Waals surface area contributed by atoms with Crippen molar-refractivity contribution < 1.29 is 9.53 Å². The Hall–Kier alpha value is -1.75. The third-order valence-electron chi connectivity index (χ3n) is 3.36. The number of hydrogen-bond acceptors (Lipinski definition) is 3. The Balaban J connectivity index is 1.93. The lowest BCUT2D eigenvalue weighted by atomic mass is 10.1. The highest BCUT2D eigenvalue weighted by Gasteiger charge is 2.28. The van der Waals surface area contributed by atoms with Gasteiger partial charge in [0.2, 0.25) is 0 Å². The first kappa shape index (κ1) is 13.7. The monoisotopic (exact) mass is 263 g/mol. The van der Waals surface area contributed by atoms with Crippen molar-refractivity contribution in [3.8, 4) is 5.75 Å². The van der Waals surface area contributed by atoms with Crippen LogP contribution in [0.2, 0.25) is 0 Å². The van der Waals surface area contributed by atoms with Gasteiger partial charge in [0.25, 0.3) is 0 Å². The van der Waals surface area contributed by atoms with Crippen LogP contribution in [0.25, 0.3) is 0 Å². The lowest BCUT2D eigenvalue weighted by Gasteiger charge is -2.14. The molecule has 2 N–H and O–H groups in total. The molecule has 0 bridgehead atoms. The first-order valence-corrected chi connectivity index (χ1v) is 6.58. The zero-order chi connectivity index (χ0) is 13.7. The molecule has 2 rings (SSSR count). The van der Waals surface area contributed by atoms with Gasteiger partial charge in [0.15, 0.2) is 0 Å². The van der Waals surface area contributed by atoms with Crippen LogP contribution in [0.1, 0.15) is 18.0 Å². The van der Waals surface area contributed by atoms with Gasteiger partial charge in [-0.05, 0) is 37.7 Å². The largest absolute Gasteiger partial charge is 0.497 e. The van der Waals surface area contributed by atoms with Crippen LogP contribution in [0, 0.1) is 0 Å². The molecule has 1 heterocycles. The van der Waals surface area contributed by atoms with E-state index in [1.165, 1.54) is 0 Å². The molecule has 1 saturated heterocycles. The summed E-state index contributed by atoms with van der Waals surface area (Å²) in [4.78, 5) is 13.7. The molecular formula is C14H21N3O2. The zero-order valence-corrected chi connectivity index (χ0v) is 11.5. The molecule has 1 unspecified atom stereocenters. The topological polar surface area (TPSA) is 53.6 Å². The van der Waals surface area contributed by atoms with Crippen molar-refractivity contribution in [2.45, 2.75) is 12.5 Å². The van der Waals surface area contributed by atoms with Crippen molar-refractivity contribution >= 4 is 6.03 Å². The average Bonchev–Trinajstić information content (AvgIpc) is 2.81. The lowest BCUT2D eigenvalue weighted by molar-refractivity contribution is 0.217. The van der Waals surface area contributed by atoms with Gasteiger partial charge in [-0.25, -0.2) is 4.79 Å². The van der Waals surface area contributed by atoms with Gasteiger partial charge in [-0.3, -0.25) is 0 Å². The number of amides is 2. The summed E-state index contributed by atoms with van der Waals surface area (Å²) in [5, 5.41) is 6.10. The van der Waals surface area contributed by atoms with Crippen LogP contribution in [0.15, 0.2) is 24.3 Å². The van der Waals surface area contributed by atoms with E-state index < -0.39 is 0 Å². The average molecular weight is 263 g/mol. The zero-order valence-electron chi connectivity index (χ0n) is 11.5. The highest BCUT2D eigenvalue weighted by atomic mass is 16.5. The van der Waals surface area contributed by atoms with Crippen LogP contribution in [0.3, 0.4) is 0 Å². The SMILES string of the molecule is CNCCCN1CC(c2ccc(OC)cc2)NC1=O. The van der Waals surface area contributed by atoms with E-state index in [4.69, 9.17) is 4.74 Å². The van der Waals surface area contributed by atoms with E-state index in [0.29, 0.717) is 0 Å². The van der Waals surface area contributed by atoms with Crippen molar-refractivity contribution in [1.82, 2.24) is 15.5 Å². The summed E-state index contributed by atoms with van der Waals surface area (Å²) in [7, 11) is 3.57. The van der Waals surface area contributed by atoms with Crippen molar-refractivity contribution in [2.24, 2.45) is 0 Å². The molecule has 1 aromatic carbocycles. The third-order valence-corrected chi connectivity index (χ3v) is 3.36. The van der Waals surface area contributed by atoms with Crippen molar-refractivity contribution in [2.75, 3.05) is 33.8 Å². The first-order chi connectivity index (χ1) is 9.24. The Morgan fingerprint density at radius 2 is 2.16 bits per heavy atom. The number of benzene rings is 1. The van der Waals surface area contributed by atoms with E-state index in [1.54, 1.807) is 7.11 Å². The minimum atomic E-state index is 0.0249. The Bertz CT molecular complexity index is 419. The molecule has 19 heavy (non-hydrogen) atoms. The van der Waals surface area contributed by atoms with E-state index in [9.17, 15) is 4.79 Å². The molecule has 0 aromatic heterocycles. The van der Waals surface area contributed by atoms with Crippen LogP contribution in [0.4, 0.5) is 4.79 Å². The quantitative estimate of drug-likeness (QED) is 0.762. The molecule has 1 atom stereocenters. The fraction of sp³-hybridized carbons (Fsp3) is 0.500. The number of nitrogens with zero attached hydrogens (tertiary/aromatic N) is 1. The van der Waals surface area contributed by atoms with Crippen LogP contribution >= 0.6 is 0 Å². The van der Waals surface area contributed by atoms with Crippen molar-refractivity contribution in [3.63, 3.8) is 0 Å². The summed E-state index contributed by atoms with van der Waals surface area (Å²) in [6.45, 7) is 2.45. The Morgan fingerprint density at radius 1 is 1.42 bits per heavy atom. The number of ether oxygens (including phenoxy) is 1. The maximum atomic E-state index is 11.8. The Labute approximate surface area is 113 Å². The molecule has 1 aliphatic heterocycles. The number of carbonyl (C=O) groups is 1. The molecule has 5 nitrogen and oxygen atoms in total. The van der Waals surface area contributed by atoms with Crippen LogP contribution in [-0.2, 0) is 0 Å². The number of hydrogen-bond donors (Lipinski definition) is 2. The minimum absolute atomic E-state index is 0.0249. The van der Waals surface area contributed by atoms with E-state index in [0.717, 1.165) is 37.4 Å². The summed E-state index contributed by atoms with van der Waals surface area (Å²) in [6, 6.07) is 7.95. The predicted molar refractivity (Wildman–Crippen MR) is 74.4 cm³/mol. The second kappa shape index (κ2) is 6.43. The molecule has 104 valence electrons. The van der Waals surface area contributed by atoms with Crippen molar-refractivity contribution in [1.29, 1.82) is 0 Å². The number of carbonyl (C=O) groups excluding carboxylic acids is 1. The van der Waals surface area contributed by atoms with E-state index in [2.05, 4.69) is 10.6 Å². The van der Waals surface area contributed by atoms with Crippen molar-refractivity contribution in [3.05, 3.63) is 29.8 Å². The number of urea groups is 1. The van der Waals surface area contributed by atoms with E-state index >= 15 is 0 Å². The van der Waals surface area contributed by atoms with E-state index in [-0.39, 0.29) is 12.1 Å². The number of rotatable bonds is 6. The molecule has 0 spiro atoms. The molecule has 1 aliphatic rings. The van der Waals surface area contributed by atoms with Crippen LogP contribution < -0.4 is 15.4 Å². The van der Waals surface area contributed by atoms with Gasteiger partial charge in [0.1, 0.15) is 5.75 Å². The molecule has 5 heteroatoms. The van der Waals surface area contributed by atoms with Gasteiger partial charge in [-0.15, -0.1) is 0 Å². The van der Waals surface area contributed by atoms with Gasteiger partial charge in [0, 0.05) is 13.1 Å². The maximum absolute atomic E-state index is 11.8. The van der Waals surface area contributed by atoms with Gasteiger partial charge in [0.05, 0.1) is 13.2 Å². The fourth-order valence-electron chi connectivity index (χ4n) is 2.25. The minimum Gasteiger partial charge on any atom is -0.497 e. The van der Waals surface area contributed by atoms with Crippen LogP contribution in [-0.4, -0.2) is 44.7 Å². The highest BCUT2D eigenvalue weighted by molar-refractivity contribution is 5.77. The normalized spacial score (nSPS) is 18.5. The maximum Gasteiger partial charge on any atom is 0.318 e. The molecular weight excluding hydrogens is 242 g/mol. The first-order valence-electron chi connectivity index (χ1n) is 6.58. The summed E-state index contributed by atoms with van der Waals surface area (Å²) in [5.41, 5.74) is 1.12. The fourth-order valence-corrected chi connectivity index (χ4v) is 2.25. The summed E-state index contributed by atoms with van der Waals surface area (Å²) in [6.07, 6.45) is 0.971. The third kappa shape index (κ3) is 3.38. The summed E-state index contributed by atoms with van der Waals surface area (Å²) < 4.78 is 5.13. The van der Waals surface area contributed by atoms with Gasteiger partial charge < -0.3 is 20.3 Å². The molecule has 1 fully saturated rings. The number of methoxy groups -OCH3 is 1.